The van der Waals surface area contributed by atoms with Crippen molar-refractivity contribution in [1.82, 2.24) is 4.98 Å². The van der Waals surface area contributed by atoms with Gasteiger partial charge in [0.1, 0.15) is 0 Å². The smallest absolute Gasteiger partial charge is 0.0380 e. The molecule has 15 heavy (non-hydrogen) atoms. The second-order valence-electron chi connectivity index (χ2n) is 4.48. The molecule has 0 aliphatic heterocycles. The van der Waals surface area contributed by atoms with Crippen molar-refractivity contribution >= 4 is 5.69 Å². The molecule has 2 unspecified atom stereocenters. The summed E-state index contributed by atoms with van der Waals surface area (Å²) >= 11 is 0. The lowest BCUT2D eigenvalue weighted by Gasteiger charge is -2.18. The first-order chi connectivity index (χ1) is 7.27. The molecule has 1 aromatic heterocycles. The molecule has 1 heterocycles. The Bertz CT molecular complexity index is 324. The van der Waals surface area contributed by atoms with Crippen LogP contribution in [0.15, 0.2) is 18.5 Å². The number of nitrogens with zero attached hydrogens (tertiary/aromatic N) is 1. The van der Waals surface area contributed by atoms with Crippen molar-refractivity contribution < 1.29 is 0 Å². The van der Waals surface area contributed by atoms with Gasteiger partial charge in [-0.05, 0) is 36.8 Å². The van der Waals surface area contributed by atoms with E-state index < -0.39 is 0 Å². The Labute approximate surface area is 90.9 Å². The van der Waals surface area contributed by atoms with Crippen molar-refractivity contribution in [1.29, 1.82) is 0 Å². The fraction of sp³-hybridized carbons (Fsp3) is 0.583. The van der Waals surface area contributed by atoms with Gasteiger partial charge in [0.05, 0.1) is 0 Å². The fourth-order valence-electron chi connectivity index (χ4n) is 2.44. The number of nitrogens with two attached hydrogens (primary N) is 2. The summed E-state index contributed by atoms with van der Waals surface area (Å²) in [6, 6.07) is 2.21. The molecule has 3 nitrogen and oxygen atoms in total. The number of pyridine rings is 1. The van der Waals surface area contributed by atoms with E-state index in [1.807, 2.05) is 12.3 Å². The minimum atomic E-state index is 0.331. The van der Waals surface area contributed by atoms with Crippen LogP contribution in [0.5, 0.6) is 0 Å². The van der Waals surface area contributed by atoms with Crippen LogP contribution < -0.4 is 11.5 Å². The lowest BCUT2D eigenvalue weighted by Crippen LogP contribution is -2.21. The number of nitrogen functional groups attached to an aromatic ring is 1. The highest BCUT2D eigenvalue weighted by atomic mass is 14.7. The second-order valence-corrected chi connectivity index (χ2v) is 4.48. The number of aromatic nitrogens is 1. The molecular formula is C12H19N3. The second kappa shape index (κ2) is 4.62. The Morgan fingerprint density at radius 2 is 2.07 bits per heavy atom. The van der Waals surface area contributed by atoms with Gasteiger partial charge >= 0.3 is 0 Å². The van der Waals surface area contributed by atoms with Crippen molar-refractivity contribution in [3.05, 3.63) is 24.0 Å². The highest BCUT2D eigenvalue weighted by molar-refractivity contribution is 5.46. The molecule has 3 heteroatoms. The van der Waals surface area contributed by atoms with Crippen molar-refractivity contribution in [2.45, 2.75) is 44.1 Å². The Morgan fingerprint density at radius 3 is 2.87 bits per heavy atom. The third-order valence-electron chi connectivity index (χ3n) is 3.29. The fourth-order valence-corrected chi connectivity index (χ4v) is 2.44. The molecule has 0 saturated heterocycles. The molecule has 0 radical (unpaired) electrons. The van der Waals surface area contributed by atoms with Crippen LogP contribution in [0.1, 0.15) is 43.6 Å². The first-order valence-electron chi connectivity index (χ1n) is 5.72. The third kappa shape index (κ3) is 2.48. The number of rotatable bonds is 1. The Hall–Kier alpha value is -1.09. The van der Waals surface area contributed by atoms with Crippen LogP contribution in [0.4, 0.5) is 5.69 Å². The summed E-state index contributed by atoms with van der Waals surface area (Å²) in [5.41, 5.74) is 14.1. The van der Waals surface area contributed by atoms with E-state index in [0.717, 1.165) is 18.5 Å². The molecule has 0 amide bonds. The van der Waals surface area contributed by atoms with Crippen LogP contribution in [0.3, 0.4) is 0 Å². The molecule has 1 saturated carbocycles. The highest BCUT2D eigenvalue weighted by Crippen LogP contribution is 2.33. The monoisotopic (exact) mass is 205 g/mol. The average molecular weight is 205 g/mol. The van der Waals surface area contributed by atoms with Crippen molar-refractivity contribution in [2.24, 2.45) is 5.73 Å². The lowest BCUT2D eigenvalue weighted by atomic mass is 9.91. The van der Waals surface area contributed by atoms with Gasteiger partial charge in [0.15, 0.2) is 0 Å². The quantitative estimate of drug-likeness (QED) is 0.689. The predicted octanol–water partition coefficient (Wildman–Crippen LogP) is 2.04. The first-order valence-corrected chi connectivity index (χ1v) is 5.72. The van der Waals surface area contributed by atoms with Gasteiger partial charge in [-0.2, -0.15) is 0 Å². The molecule has 1 aliphatic carbocycles. The average Bonchev–Trinajstić information content (AvgIpc) is 2.43. The van der Waals surface area contributed by atoms with Crippen molar-refractivity contribution in [3.63, 3.8) is 0 Å². The SMILES string of the molecule is Nc1ccncc1C1CCCCC(N)C1. The van der Waals surface area contributed by atoms with Gasteiger partial charge in [0.2, 0.25) is 0 Å². The van der Waals surface area contributed by atoms with Crippen LogP contribution >= 0.6 is 0 Å². The van der Waals surface area contributed by atoms with Crippen LogP contribution in [0, 0.1) is 0 Å². The molecule has 1 aromatic rings. The zero-order valence-corrected chi connectivity index (χ0v) is 9.02. The number of hydrogen-bond donors (Lipinski definition) is 2. The van der Waals surface area contributed by atoms with Crippen LogP contribution in [-0.4, -0.2) is 11.0 Å². The van der Waals surface area contributed by atoms with E-state index in [9.17, 15) is 0 Å². The minimum absolute atomic E-state index is 0.331. The standard InChI is InChI=1S/C12H19N3/c13-10-4-2-1-3-9(7-10)11-8-15-6-5-12(11)14/h5-6,8-10H,1-4,7,13H2,(H2,14,15). The predicted molar refractivity (Wildman–Crippen MR) is 62.5 cm³/mol. The molecule has 0 aromatic carbocycles. The molecule has 0 bridgehead atoms. The van der Waals surface area contributed by atoms with Gasteiger partial charge in [-0.3, -0.25) is 4.98 Å². The van der Waals surface area contributed by atoms with Crippen LogP contribution in [0.25, 0.3) is 0 Å². The van der Waals surface area contributed by atoms with Gasteiger partial charge in [0, 0.05) is 24.1 Å². The summed E-state index contributed by atoms with van der Waals surface area (Å²) in [6.07, 6.45) is 9.55. The summed E-state index contributed by atoms with van der Waals surface area (Å²) < 4.78 is 0. The van der Waals surface area contributed by atoms with Gasteiger partial charge < -0.3 is 11.5 Å². The summed E-state index contributed by atoms with van der Waals surface area (Å²) in [5.74, 6) is 0.510. The Morgan fingerprint density at radius 1 is 1.27 bits per heavy atom. The maximum atomic E-state index is 6.05. The zero-order chi connectivity index (χ0) is 10.7. The zero-order valence-electron chi connectivity index (χ0n) is 9.02. The van der Waals surface area contributed by atoms with Crippen molar-refractivity contribution in [3.8, 4) is 0 Å². The summed E-state index contributed by atoms with van der Waals surface area (Å²) in [6.45, 7) is 0. The maximum Gasteiger partial charge on any atom is 0.0380 e. The van der Waals surface area contributed by atoms with E-state index in [1.165, 1.54) is 24.8 Å². The molecular weight excluding hydrogens is 186 g/mol. The summed E-state index contributed by atoms with van der Waals surface area (Å²) in [5, 5.41) is 0. The maximum absolute atomic E-state index is 6.05. The van der Waals surface area contributed by atoms with E-state index in [-0.39, 0.29) is 0 Å². The van der Waals surface area contributed by atoms with E-state index in [4.69, 9.17) is 11.5 Å². The molecule has 1 fully saturated rings. The molecule has 1 aliphatic rings. The molecule has 2 rings (SSSR count). The summed E-state index contributed by atoms with van der Waals surface area (Å²) in [4.78, 5) is 4.16. The van der Waals surface area contributed by atoms with E-state index in [0.29, 0.717) is 12.0 Å². The van der Waals surface area contributed by atoms with Crippen LogP contribution in [-0.2, 0) is 0 Å². The van der Waals surface area contributed by atoms with E-state index in [2.05, 4.69) is 4.98 Å². The van der Waals surface area contributed by atoms with E-state index >= 15 is 0 Å². The molecule has 0 spiro atoms. The van der Waals surface area contributed by atoms with Crippen molar-refractivity contribution in [2.75, 3.05) is 5.73 Å². The van der Waals surface area contributed by atoms with Gasteiger partial charge in [0.25, 0.3) is 0 Å². The topological polar surface area (TPSA) is 64.9 Å². The van der Waals surface area contributed by atoms with Gasteiger partial charge in [-0.15, -0.1) is 0 Å². The van der Waals surface area contributed by atoms with Gasteiger partial charge in [-0.25, -0.2) is 0 Å². The third-order valence-corrected chi connectivity index (χ3v) is 3.29. The Kier molecular flexibility index (Phi) is 3.21. The Balaban J connectivity index is 2.18. The first kappa shape index (κ1) is 10.4. The van der Waals surface area contributed by atoms with Crippen LogP contribution in [0.2, 0.25) is 0 Å². The normalized spacial score (nSPS) is 27.3. The summed E-state index contributed by atoms with van der Waals surface area (Å²) in [7, 11) is 0. The largest absolute Gasteiger partial charge is 0.398 e. The number of hydrogen-bond acceptors (Lipinski definition) is 3. The van der Waals surface area contributed by atoms with E-state index in [1.54, 1.807) is 6.20 Å². The molecule has 2 atom stereocenters. The number of anilines is 1. The highest BCUT2D eigenvalue weighted by Gasteiger charge is 2.20. The molecule has 4 N–H and O–H groups in total. The van der Waals surface area contributed by atoms with Gasteiger partial charge in [-0.1, -0.05) is 12.8 Å². The minimum Gasteiger partial charge on any atom is -0.398 e. The molecule has 82 valence electrons. The lowest BCUT2D eigenvalue weighted by molar-refractivity contribution is 0.535.